The van der Waals surface area contributed by atoms with E-state index >= 15 is 0 Å². The van der Waals surface area contributed by atoms with Gasteiger partial charge >= 0.3 is 0 Å². The molecular formula is C28H36N6O3. The molecule has 0 unspecified atom stereocenters. The minimum Gasteiger partial charge on any atom is -0.482 e. The number of hydrogen-bond donors (Lipinski definition) is 1. The molecule has 0 aromatic carbocycles. The molecule has 2 aromatic rings. The number of rotatable bonds is 4. The van der Waals surface area contributed by atoms with Gasteiger partial charge in [-0.05, 0) is 58.0 Å². The van der Waals surface area contributed by atoms with Crippen LogP contribution in [0.1, 0.15) is 48.7 Å². The van der Waals surface area contributed by atoms with Crippen LogP contribution in [0.5, 0.6) is 5.75 Å². The van der Waals surface area contributed by atoms with Crippen LogP contribution in [0.4, 0.5) is 17.2 Å². The van der Waals surface area contributed by atoms with Crippen LogP contribution in [0.25, 0.3) is 0 Å². The van der Waals surface area contributed by atoms with E-state index in [1.54, 1.807) is 0 Å². The van der Waals surface area contributed by atoms with E-state index in [2.05, 4.69) is 40.8 Å². The predicted octanol–water partition coefficient (Wildman–Crippen LogP) is 3.39. The highest BCUT2D eigenvalue weighted by molar-refractivity contribution is 5.87. The van der Waals surface area contributed by atoms with Gasteiger partial charge in [0, 0.05) is 55.7 Å². The van der Waals surface area contributed by atoms with Gasteiger partial charge in [0.05, 0.1) is 30.2 Å². The Bertz CT molecular complexity index is 1180. The van der Waals surface area contributed by atoms with Crippen molar-refractivity contribution in [3.8, 4) is 5.75 Å². The molecule has 9 nitrogen and oxygen atoms in total. The number of ether oxygens (including phenoxy) is 2. The highest BCUT2D eigenvalue weighted by Gasteiger charge is 2.36. The standard InChI is InChI=1S/C28H36N6O3/c1-4-25(35)34-16-21(17-34)32-9-6-20(7-10-32)22-15-23-27(18(2)30-22)37-19(3)26-24(5-8-29-28(26)31-23)33-11-13-36-14-12-33/h4-5,8,15,19-21H,1,6-7,9-14,16-17H2,2-3H3,(H,29,31)/t19-/m0/s1. The maximum absolute atomic E-state index is 11.8. The van der Waals surface area contributed by atoms with Gasteiger partial charge in [-0.1, -0.05) is 6.58 Å². The molecule has 3 saturated heterocycles. The van der Waals surface area contributed by atoms with Gasteiger partial charge < -0.3 is 24.6 Å². The van der Waals surface area contributed by atoms with Crippen molar-refractivity contribution in [3.05, 3.63) is 47.9 Å². The zero-order valence-electron chi connectivity index (χ0n) is 21.8. The van der Waals surface area contributed by atoms with Crippen molar-refractivity contribution >= 4 is 23.1 Å². The van der Waals surface area contributed by atoms with Crippen LogP contribution in [-0.2, 0) is 9.53 Å². The summed E-state index contributed by atoms with van der Waals surface area (Å²) < 4.78 is 12.1. The molecule has 37 heavy (non-hydrogen) atoms. The van der Waals surface area contributed by atoms with E-state index < -0.39 is 0 Å². The maximum Gasteiger partial charge on any atom is 0.246 e. The molecule has 2 aromatic heterocycles. The van der Waals surface area contributed by atoms with E-state index in [1.165, 1.54) is 6.08 Å². The molecule has 0 aliphatic carbocycles. The van der Waals surface area contributed by atoms with E-state index in [0.717, 1.165) is 105 Å². The number of pyridine rings is 2. The second-order valence-electron chi connectivity index (χ2n) is 10.5. The third-order valence-corrected chi connectivity index (χ3v) is 8.25. The third-order valence-electron chi connectivity index (χ3n) is 8.25. The molecule has 1 N–H and O–H groups in total. The normalized spacial score (nSPS) is 22.7. The number of fused-ring (bicyclic) bond motifs is 2. The van der Waals surface area contributed by atoms with Crippen molar-refractivity contribution in [1.82, 2.24) is 19.8 Å². The lowest BCUT2D eigenvalue weighted by Crippen LogP contribution is -2.61. The van der Waals surface area contributed by atoms with Crippen molar-refractivity contribution in [2.24, 2.45) is 0 Å². The summed E-state index contributed by atoms with van der Waals surface area (Å²) in [5.74, 6) is 2.10. The zero-order valence-corrected chi connectivity index (χ0v) is 21.8. The number of hydrogen-bond acceptors (Lipinski definition) is 8. The van der Waals surface area contributed by atoms with Crippen molar-refractivity contribution < 1.29 is 14.3 Å². The molecule has 0 spiro atoms. The lowest BCUT2D eigenvalue weighted by Gasteiger charge is -2.47. The Kier molecular flexibility index (Phi) is 6.50. The Morgan fingerprint density at radius 1 is 1.19 bits per heavy atom. The number of carbonyl (C=O) groups excluding carboxylic acids is 1. The number of nitrogens with one attached hydrogen (secondary N) is 1. The highest BCUT2D eigenvalue weighted by Crippen LogP contribution is 2.44. The van der Waals surface area contributed by atoms with Crippen LogP contribution in [0.15, 0.2) is 31.0 Å². The molecule has 0 radical (unpaired) electrons. The fourth-order valence-electron chi connectivity index (χ4n) is 6.10. The van der Waals surface area contributed by atoms with E-state index in [9.17, 15) is 4.79 Å². The molecular weight excluding hydrogens is 468 g/mol. The predicted molar refractivity (Wildman–Crippen MR) is 143 cm³/mol. The largest absolute Gasteiger partial charge is 0.482 e. The van der Waals surface area contributed by atoms with Gasteiger partial charge in [0.1, 0.15) is 11.9 Å². The summed E-state index contributed by atoms with van der Waals surface area (Å²) in [4.78, 5) is 28.3. The summed E-state index contributed by atoms with van der Waals surface area (Å²) in [7, 11) is 0. The first-order valence-electron chi connectivity index (χ1n) is 13.4. The summed E-state index contributed by atoms with van der Waals surface area (Å²) >= 11 is 0. The number of amides is 1. The number of likely N-dealkylation sites (tertiary alicyclic amines) is 2. The number of aromatic nitrogens is 2. The van der Waals surface area contributed by atoms with Crippen molar-refractivity contribution in [1.29, 1.82) is 0 Å². The number of piperidine rings is 1. The Labute approximate surface area is 218 Å². The number of nitrogens with zero attached hydrogens (tertiary/aromatic N) is 5. The number of aryl methyl sites for hydroxylation is 1. The van der Waals surface area contributed by atoms with Gasteiger partial charge in [0.2, 0.25) is 5.91 Å². The van der Waals surface area contributed by atoms with Gasteiger partial charge in [-0.15, -0.1) is 0 Å². The fraction of sp³-hybridized carbons (Fsp3) is 0.536. The quantitative estimate of drug-likeness (QED) is 0.635. The molecule has 0 bridgehead atoms. The van der Waals surface area contributed by atoms with Crippen LogP contribution in [0.2, 0.25) is 0 Å². The van der Waals surface area contributed by atoms with E-state index in [1.807, 2.05) is 18.0 Å². The van der Waals surface area contributed by atoms with Crippen LogP contribution >= 0.6 is 0 Å². The summed E-state index contributed by atoms with van der Waals surface area (Å²) in [6.45, 7) is 14.6. The lowest BCUT2D eigenvalue weighted by atomic mass is 9.90. The summed E-state index contributed by atoms with van der Waals surface area (Å²) in [5.41, 5.74) is 5.21. The molecule has 1 amide bonds. The molecule has 4 aliphatic rings. The van der Waals surface area contributed by atoms with Crippen molar-refractivity contribution in [3.63, 3.8) is 0 Å². The first-order chi connectivity index (χ1) is 18.0. The minimum absolute atomic E-state index is 0.0351. The van der Waals surface area contributed by atoms with Crippen LogP contribution < -0.4 is 15.0 Å². The highest BCUT2D eigenvalue weighted by atomic mass is 16.5. The first kappa shape index (κ1) is 24.2. The average molecular weight is 505 g/mol. The second-order valence-corrected chi connectivity index (χ2v) is 10.5. The molecule has 1 atom stereocenters. The number of carbonyl (C=O) groups is 1. The van der Waals surface area contributed by atoms with E-state index in [4.69, 9.17) is 19.4 Å². The molecule has 196 valence electrons. The molecule has 9 heteroatoms. The Hall–Kier alpha value is -3.17. The average Bonchev–Trinajstić information content (AvgIpc) is 3.04. The van der Waals surface area contributed by atoms with E-state index in [-0.39, 0.29) is 12.0 Å². The molecule has 6 heterocycles. The molecule has 6 rings (SSSR count). The second kappa shape index (κ2) is 9.95. The molecule has 3 fully saturated rings. The lowest BCUT2D eigenvalue weighted by molar-refractivity contribution is -0.133. The van der Waals surface area contributed by atoms with Gasteiger partial charge in [-0.2, -0.15) is 0 Å². The van der Waals surface area contributed by atoms with Gasteiger partial charge in [-0.3, -0.25) is 14.7 Å². The fourth-order valence-corrected chi connectivity index (χ4v) is 6.10. The smallest absolute Gasteiger partial charge is 0.246 e. The van der Waals surface area contributed by atoms with Gasteiger partial charge in [0.15, 0.2) is 5.75 Å². The topological polar surface area (TPSA) is 83.1 Å². The molecule has 4 aliphatic heterocycles. The Balaban J connectivity index is 1.19. The maximum atomic E-state index is 11.8. The van der Waals surface area contributed by atoms with Crippen molar-refractivity contribution in [2.45, 2.75) is 44.8 Å². The minimum atomic E-state index is -0.153. The third kappa shape index (κ3) is 4.55. The number of morpholine rings is 1. The summed E-state index contributed by atoms with van der Waals surface area (Å²) in [6.07, 6.45) is 5.25. The van der Waals surface area contributed by atoms with Gasteiger partial charge in [-0.25, -0.2) is 4.98 Å². The SMILES string of the molecule is C=CC(=O)N1CC(N2CCC(c3cc4c(c(C)n3)O[C@@H](C)c3c(N5CCOCC5)ccnc3N4)CC2)C1. The monoisotopic (exact) mass is 504 g/mol. The Morgan fingerprint density at radius 3 is 2.68 bits per heavy atom. The van der Waals surface area contributed by atoms with E-state index in [0.29, 0.717) is 12.0 Å². The first-order valence-corrected chi connectivity index (χ1v) is 13.4. The molecule has 0 saturated carbocycles. The Morgan fingerprint density at radius 2 is 1.95 bits per heavy atom. The zero-order chi connectivity index (χ0) is 25.5. The summed E-state index contributed by atoms with van der Waals surface area (Å²) in [6, 6.07) is 4.72. The summed E-state index contributed by atoms with van der Waals surface area (Å²) in [5, 5.41) is 3.61. The van der Waals surface area contributed by atoms with Gasteiger partial charge in [0.25, 0.3) is 0 Å². The van der Waals surface area contributed by atoms with Crippen LogP contribution in [-0.4, -0.2) is 84.2 Å². The van der Waals surface area contributed by atoms with Crippen LogP contribution in [0, 0.1) is 6.92 Å². The number of anilines is 3. The van der Waals surface area contributed by atoms with Crippen LogP contribution in [0.3, 0.4) is 0 Å². The van der Waals surface area contributed by atoms with Crippen molar-refractivity contribution in [2.75, 3.05) is 62.7 Å².